The normalized spacial score (nSPS) is 11.2. The zero-order chi connectivity index (χ0) is 17.7. The minimum Gasteiger partial charge on any atom is -0.478 e. The predicted octanol–water partition coefficient (Wildman–Crippen LogP) is 4.20. The number of benzene rings is 2. The topological polar surface area (TPSA) is 58.6 Å². The fourth-order valence-electron chi connectivity index (χ4n) is 2.49. The maximum atomic E-state index is 11.1. The predicted molar refractivity (Wildman–Crippen MR) is 96.9 cm³/mol. The first-order valence-corrected chi connectivity index (χ1v) is 8.10. The highest BCUT2D eigenvalue weighted by Gasteiger charge is 2.29. The molecule has 24 heavy (non-hydrogen) atoms. The lowest BCUT2D eigenvalue weighted by molar-refractivity contribution is -0.152. The highest BCUT2D eigenvalue weighted by molar-refractivity contribution is 5.76. The van der Waals surface area contributed by atoms with Crippen molar-refractivity contribution in [1.82, 2.24) is 0 Å². The molecule has 0 unspecified atom stereocenters. The van der Waals surface area contributed by atoms with Crippen LogP contribution in [0.2, 0.25) is 0 Å². The maximum Gasteiger partial charge on any atom is 0.347 e. The highest BCUT2D eigenvalue weighted by atomic mass is 16.5. The zero-order valence-corrected chi connectivity index (χ0v) is 14.7. The van der Waals surface area contributed by atoms with E-state index < -0.39 is 11.6 Å². The third kappa shape index (κ3) is 5.01. The Bertz CT molecular complexity index is 685. The second-order valence-corrected chi connectivity index (χ2v) is 6.61. The second-order valence-electron chi connectivity index (χ2n) is 6.61. The third-order valence-electron chi connectivity index (χ3n) is 3.78. The Hall–Kier alpha value is -2.49. The minimum atomic E-state index is -1.23. The Kier molecular flexibility index (Phi) is 5.50. The SMILES string of the molecule is Cc1cc(C)cc(NCCc2ccc(OC(C)(C)C(=O)O)cc2)c1. The van der Waals surface area contributed by atoms with Gasteiger partial charge in [-0.25, -0.2) is 4.79 Å². The van der Waals surface area contributed by atoms with Crippen LogP contribution in [0.4, 0.5) is 5.69 Å². The standard InChI is InChI=1S/C20H25NO3/c1-14-11-15(2)13-17(12-14)21-10-9-16-5-7-18(8-6-16)24-20(3,4)19(22)23/h5-8,11-13,21H,9-10H2,1-4H3,(H,22,23). The molecule has 0 bridgehead atoms. The van der Waals surface area contributed by atoms with Gasteiger partial charge in [-0.3, -0.25) is 0 Å². The van der Waals surface area contributed by atoms with Crippen LogP contribution >= 0.6 is 0 Å². The van der Waals surface area contributed by atoms with Crippen LogP contribution in [0.25, 0.3) is 0 Å². The molecule has 0 spiro atoms. The van der Waals surface area contributed by atoms with Gasteiger partial charge in [0.1, 0.15) is 5.75 Å². The number of rotatable bonds is 7. The first-order chi connectivity index (χ1) is 11.3. The molecule has 2 aromatic rings. The van der Waals surface area contributed by atoms with E-state index in [1.54, 1.807) is 0 Å². The third-order valence-corrected chi connectivity index (χ3v) is 3.78. The monoisotopic (exact) mass is 327 g/mol. The van der Waals surface area contributed by atoms with Crippen LogP contribution < -0.4 is 10.1 Å². The molecule has 0 saturated carbocycles. The largest absolute Gasteiger partial charge is 0.478 e. The molecule has 0 fully saturated rings. The molecule has 0 saturated heterocycles. The fraction of sp³-hybridized carbons (Fsp3) is 0.350. The van der Waals surface area contributed by atoms with Crippen molar-refractivity contribution in [3.63, 3.8) is 0 Å². The molecule has 0 heterocycles. The lowest BCUT2D eigenvalue weighted by Gasteiger charge is -2.21. The number of hydrogen-bond donors (Lipinski definition) is 2. The maximum absolute atomic E-state index is 11.1. The van der Waals surface area contributed by atoms with Gasteiger partial charge in [-0.1, -0.05) is 18.2 Å². The number of hydrogen-bond acceptors (Lipinski definition) is 3. The number of nitrogens with one attached hydrogen (secondary N) is 1. The lowest BCUT2D eigenvalue weighted by Crippen LogP contribution is -2.37. The van der Waals surface area contributed by atoms with E-state index >= 15 is 0 Å². The molecule has 2 N–H and O–H groups in total. The van der Waals surface area contributed by atoms with E-state index in [0.29, 0.717) is 5.75 Å². The van der Waals surface area contributed by atoms with Crippen LogP contribution in [0, 0.1) is 13.8 Å². The van der Waals surface area contributed by atoms with Gasteiger partial charge in [-0.15, -0.1) is 0 Å². The molecule has 0 aliphatic rings. The van der Waals surface area contributed by atoms with Crippen molar-refractivity contribution in [2.45, 2.75) is 39.7 Å². The van der Waals surface area contributed by atoms with Gasteiger partial charge < -0.3 is 15.2 Å². The summed E-state index contributed by atoms with van der Waals surface area (Å²) in [7, 11) is 0. The first-order valence-electron chi connectivity index (χ1n) is 8.10. The number of carboxylic acids is 1. The summed E-state index contributed by atoms with van der Waals surface area (Å²) >= 11 is 0. The van der Waals surface area contributed by atoms with E-state index in [-0.39, 0.29) is 0 Å². The summed E-state index contributed by atoms with van der Waals surface area (Å²) in [6.07, 6.45) is 0.885. The Morgan fingerprint density at radius 1 is 1.08 bits per heavy atom. The Morgan fingerprint density at radius 2 is 1.67 bits per heavy atom. The van der Waals surface area contributed by atoms with Gasteiger partial charge in [-0.05, 0) is 75.1 Å². The summed E-state index contributed by atoms with van der Waals surface area (Å²) < 4.78 is 5.50. The summed E-state index contributed by atoms with van der Waals surface area (Å²) in [5.41, 5.74) is 3.58. The second kappa shape index (κ2) is 7.39. The lowest BCUT2D eigenvalue weighted by atomic mass is 10.1. The molecule has 128 valence electrons. The van der Waals surface area contributed by atoms with Crippen LogP contribution in [-0.2, 0) is 11.2 Å². The first kappa shape index (κ1) is 17.9. The van der Waals surface area contributed by atoms with E-state index in [1.807, 2.05) is 24.3 Å². The van der Waals surface area contributed by atoms with Crippen LogP contribution in [0.5, 0.6) is 5.75 Å². The van der Waals surface area contributed by atoms with Gasteiger partial charge in [0.15, 0.2) is 5.60 Å². The molecule has 0 aromatic heterocycles. The number of anilines is 1. The van der Waals surface area contributed by atoms with E-state index in [4.69, 9.17) is 9.84 Å². The van der Waals surface area contributed by atoms with E-state index in [1.165, 1.54) is 30.5 Å². The molecule has 2 aromatic carbocycles. The molecular formula is C20H25NO3. The van der Waals surface area contributed by atoms with Crippen molar-refractivity contribution >= 4 is 11.7 Å². The summed E-state index contributed by atoms with van der Waals surface area (Å²) in [5.74, 6) is -0.419. The molecule has 4 heteroatoms. The highest BCUT2D eigenvalue weighted by Crippen LogP contribution is 2.20. The summed E-state index contributed by atoms with van der Waals surface area (Å²) in [5, 5.41) is 12.5. The minimum absolute atomic E-state index is 0.563. The molecule has 0 atom stereocenters. The summed E-state index contributed by atoms with van der Waals surface area (Å²) in [6.45, 7) is 8.10. The van der Waals surface area contributed by atoms with Gasteiger partial charge in [0, 0.05) is 12.2 Å². The van der Waals surface area contributed by atoms with Crippen molar-refractivity contribution in [2.24, 2.45) is 0 Å². The molecule has 4 nitrogen and oxygen atoms in total. The Morgan fingerprint density at radius 3 is 2.21 bits per heavy atom. The summed E-state index contributed by atoms with van der Waals surface area (Å²) in [6, 6.07) is 14.0. The van der Waals surface area contributed by atoms with Crippen molar-refractivity contribution in [1.29, 1.82) is 0 Å². The number of carboxylic acid groups (broad SMARTS) is 1. The van der Waals surface area contributed by atoms with Crippen molar-refractivity contribution in [3.8, 4) is 5.75 Å². The van der Waals surface area contributed by atoms with Crippen LogP contribution in [0.3, 0.4) is 0 Å². The van der Waals surface area contributed by atoms with E-state index in [9.17, 15) is 4.79 Å². The van der Waals surface area contributed by atoms with E-state index in [2.05, 4.69) is 37.4 Å². The van der Waals surface area contributed by atoms with Crippen LogP contribution in [-0.4, -0.2) is 23.2 Å². The average molecular weight is 327 g/mol. The Labute approximate surface area is 143 Å². The van der Waals surface area contributed by atoms with Gasteiger partial charge in [-0.2, -0.15) is 0 Å². The zero-order valence-electron chi connectivity index (χ0n) is 14.7. The van der Waals surface area contributed by atoms with Crippen LogP contribution in [0.15, 0.2) is 42.5 Å². The summed E-state index contributed by atoms with van der Waals surface area (Å²) in [4.78, 5) is 11.1. The van der Waals surface area contributed by atoms with Crippen LogP contribution in [0.1, 0.15) is 30.5 Å². The van der Waals surface area contributed by atoms with E-state index in [0.717, 1.165) is 18.7 Å². The molecule has 0 radical (unpaired) electrons. The number of aryl methyl sites for hydroxylation is 2. The van der Waals surface area contributed by atoms with Gasteiger partial charge >= 0.3 is 5.97 Å². The average Bonchev–Trinajstić information content (AvgIpc) is 2.47. The quantitative estimate of drug-likeness (QED) is 0.800. The molecular weight excluding hydrogens is 302 g/mol. The Balaban J connectivity index is 1.89. The van der Waals surface area contributed by atoms with Gasteiger partial charge in [0.2, 0.25) is 0 Å². The van der Waals surface area contributed by atoms with Crippen molar-refractivity contribution in [2.75, 3.05) is 11.9 Å². The number of carbonyl (C=O) groups is 1. The number of ether oxygens (including phenoxy) is 1. The number of aliphatic carboxylic acids is 1. The molecule has 0 amide bonds. The molecule has 2 rings (SSSR count). The molecule has 0 aliphatic carbocycles. The van der Waals surface area contributed by atoms with Crippen molar-refractivity contribution in [3.05, 3.63) is 59.2 Å². The molecule has 0 aliphatic heterocycles. The smallest absolute Gasteiger partial charge is 0.347 e. The van der Waals surface area contributed by atoms with Gasteiger partial charge in [0.05, 0.1) is 0 Å². The van der Waals surface area contributed by atoms with Crippen molar-refractivity contribution < 1.29 is 14.6 Å². The fourth-order valence-corrected chi connectivity index (χ4v) is 2.49. The van der Waals surface area contributed by atoms with Gasteiger partial charge in [0.25, 0.3) is 0 Å².